The van der Waals surface area contributed by atoms with Crippen molar-refractivity contribution < 1.29 is 14.0 Å². The quantitative estimate of drug-likeness (QED) is 0.580. The van der Waals surface area contributed by atoms with Gasteiger partial charge in [0, 0.05) is 17.0 Å². The molecule has 1 aliphatic heterocycles. The molecule has 0 unspecified atom stereocenters. The first-order valence-electron chi connectivity index (χ1n) is 11.3. The molecule has 168 valence electrons. The van der Waals surface area contributed by atoms with E-state index in [0.717, 1.165) is 30.6 Å². The Bertz CT molecular complexity index is 1080. The highest BCUT2D eigenvalue weighted by molar-refractivity contribution is 7.09. The number of amides is 2. The summed E-state index contributed by atoms with van der Waals surface area (Å²) in [5.74, 6) is 0.317. The zero-order valence-corrected chi connectivity index (χ0v) is 19.1. The van der Waals surface area contributed by atoms with Gasteiger partial charge in [0.25, 0.3) is 5.91 Å². The predicted molar refractivity (Wildman–Crippen MR) is 122 cm³/mol. The van der Waals surface area contributed by atoms with Gasteiger partial charge in [-0.1, -0.05) is 31.7 Å². The van der Waals surface area contributed by atoms with E-state index in [9.17, 15) is 9.59 Å². The third-order valence-corrected chi connectivity index (χ3v) is 7.51. The fraction of sp³-hybridized carbons (Fsp3) is 0.458. The van der Waals surface area contributed by atoms with Gasteiger partial charge in [0.05, 0.1) is 19.4 Å². The van der Waals surface area contributed by atoms with E-state index in [4.69, 9.17) is 4.42 Å². The van der Waals surface area contributed by atoms with Crippen molar-refractivity contribution in [3.05, 3.63) is 52.5 Å². The number of carbonyl (C=O) groups excluding carboxylic acids is 2. The van der Waals surface area contributed by atoms with E-state index in [1.807, 2.05) is 30.5 Å². The molecule has 1 aliphatic carbocycles. The second kappa shape index (κ2) is 8.58. The average Bonchev–Trinajstić information content (AvgIpc) is 3.52. The topological polar surface area (TPSA) is 80.4 Å². The molecule has 8 heteroatoms. The van der Waals surface area contributed by atoms with Gasteiger partial charge in [-0.3, -0.25) is 14.3 Å². The van der Waals surface area contributed by atoms with Crippen LogP contribution in [0.1, 0.15) is 60.8 Å². The Morgan fingerprint density at radius 3 is 2.75 bits per heavy atom. The summed E-state index contributed by atoms with van der Waals surface area (Å²) in [7, 11) is 0. The van der Waals surface area contributed by atoms with Gasteiger partial charge in [-0.05, 0) is 43.3 Å². The third-order valence-electron chi connectivity index (χ3n) is 6.64. The van der Waals surface area contributed by atoms with E-state index in [0.29, 0.717) is 30.2 Å². The van der Waals surface area contributed by atoms with E-state index in [-0.39, 0.29) is 17.9 Å². The van der Waals surface area contributed by atoms with E-state index in [2.05, 4.69) is 10.4 Å². The van der Waals surface area contributed by atoms with Crippen molar-refractivity contribution >= 4 is 23.2 Å². The molecule has 1 atom stereocenters. The summed E-state index contributed by atoms with van der Waals surface area (Å²) < 4.78 is 7.14. The lowest BCUT2D eigenvalue weighted by atomic mass is 9.93. The fourth-order valence-corrected chi connectivity index (χ4v) is 5.45. The molecule has 3 aromatic heterocycles. The molecule has 0 aromatic carbocycles. The van der Waals surface area contributed by atoms with Crippen LogP contribution in [0.5, 0.6) is 0 Å². The molecule has 7 nitrogen and oxygen atoms in total. The molecule has 2 amide bonds. The zero-order chi connectivity index (χ0) is 22.1. The third kappa shape index (κ3) is 3.88. The number of aromatic nitrogens is 2. The molecule has 4 heterocycles. The first kappa shape index (κ1) is 21.0. The summed E-state index contributed by atoms with van der Waals surface area (Å²) in [4.78, 5) is 30.1. The van der Waals surface area contributed by atoms with Crippen LogP contribution in [0, 0.1) is 0 Å². The van der Waals surface area contributed by atoms with Crippen LogP contribution in [0.3, 0.4) is 0 Å². The lowest BCUT2D eigenvalue weighted by molar-refractivity contribution is -0.134. The van der Waals surface area contributed by atoms with Crippen molar-refractivity contribution in [2.45, 2.75) is 70.1 Å². The van der Waals surface area contributed by atoms with Crippen LogP contribution in [0.15, 0.2) is 46.4 Å². The Hall–Kier alpha value is -2.87. The van der Waals surface area contributed by atoms with Crippen LogP contribution in [0.2, 0.25) is 0 Å². The van der Waals surface area contributed by atoms with Gasteiger partial charge in [0.15, 0.2) is 5.76 Å². The zero-order valence-electron chi connectivity index (χ0n) is 18.3. The number of furan rings is 1. The second-order valence-electron chi connectivity index (χ2n) is 8.96. The standard InChI is InChI=1S/C24H28N4O3S/c1-24(23(30)25-17-8-4-2-3-5-9-17)16-28-20(14-19(26-28)21-11-6-12-31-21)22(29)27(24)15-18-10-7-13-32-18/h6-7,10-14,17H,2-5,8-9,15-16H2,1H3,(H,25,30)/t24-/m0/s1. The number of carbonyl (C=O) groups is 2. The van der Waals surface area contributed by atoms with Gasteiger partial charge in [-0.15, -0.1) is 11.3 Å². The molecule has 0 spiro atoms. The molecule has 2 aliphatic rings. The van der Waals surface area contributed by atoms with Crippen LogP contribution >= 0.6 is 11.3 Å². The minimum Gasteiger partial charge on any atom is -0.463 e. The molecule has 3 aromatic rings. The molecule has 5 rings (SSSR count). The number of nitrogens with one attached hydrogen (secondary N) is 1. The molecule has 1 saturated carbocycles. The minimum atomic E-state index is -1.03. The van der Waals surface area contributed by atoms with Crippen molar-refractivity contribution in [1.82, 2.24) is 20.0 Å². The molecule has 1 fully saturated rings. The van der Waals surface area contributed by atoms with Gasteiger partial charge >= 0.3 is 0 Å². The Kier molecular flexibility index (Phi) is 5.63. The summed E-state index contributed by atoms with van der Waals surface area (Å²) in [5, 5.41) is 9.88. The Morgan fingerprint density at radius 2 is 2.06 bits per heavy atom. The maximum absolute atomic E-state index is 13.7. The first-order valence-corrected chi connectivity index (χ1v) is 12.2. The van der Waals surface area contributed by atoms with Crippen molar-refractivity contribution in [1.29, 1.82) is 0 Å². The fourth-order valence-electron chi connectivity index (χ4n) is 4.76. The Balaban J connectivity index is 1.48. The SMILES string of the molecule is C[C@@]1(C(=O)NC2CCCCCC2)Cn2nc(-c3ccco3)cc2C(=O)N1Cc1cccs1. The normalized spacial score (nSPS) is 21.9. The smallest absolute Gasteiger partial charge is 0.273 e. The Labute approximate surface area is 191 Å². The Morgan fingerprint density at radius 1 is 1.25 bits per heavy atom. The lowest BCUT2D eigenvalue weighted by Gasteiger charge is -2.43. The minimum absolute atomic E-state index is 0.102. The maximum Gasteiger partial charge on any atom is 0.273 e. The van der Waals surface area contributed by atoms with Crippen molar-refractivity contribution in [3.63, 3.8) is 0 Å². The van der Waals surface area contributed by atoms with Crippen molar-refractivity contribution in [3.8, 4) is 11.5 Å². The summed E-state index contributed by atoms with van der Waals surface area (Å²) >= 11 is 1.59. The number of thiophene rings is 1. The van der Waals surface area contributed by atoms with Gasteiger partial charge in [-0.25, -0.2) is 0 Å². The second-order valence-corrected chi connectivity index (χ2v) is 9.99. The van der Waals surface area contributed by atoms with Gasteiger partial charge in [0.1, 0.15) is 16.9 Å². The lowest BCUT2D eigenvalue weighted by Crippen LogP contribution is -2.64. The summed E-state index contributed by atoms with van der Waals surface area (Å²) in [6, 6.07) is 9.51. The van der Waals surface area contributed by atoms with E-state index in [1.165, 1.54) is 12.8 Å². The highest BCUT2D eigenvalue weighted by Gasteiger charge is 2.48. The summed E-state index contributed by atoms with van der Waals surface area (Å²) in [6.07, 6.45) is 8.29. The number of nitrogens with zero attached hydrogens (tertiary/aromatic N) is 3. The highest BCUT2D eigenvalue weighted by atomic mass is 32.1. The summed E-state index contributed by atoms with van der Waals surface area (Å²) in [5.41, 5.74) is 0.0443. The molecule has 0 radical (unpaired) electrons. The largest absolute Gasteiger partial charge is 0.463 e. The van der Waals surface area contributed by atoms with Crippen LogP contribution in [0.25, 0.3) is 11.5 Å². The predicted octanol–water partition coefficient (Wildman–Crippen LogP) is 4.46. The van der Waals surface area contributed by atoms with Crippen LogP contribution in [-0.2, 0) is 17.9 Å². The van der Waals surface area contributed by atoms with Crippen LogP contribution < -0.4 is 5.32 Å². The van der Waals surface area contributed by atoms with Gasteiger partial charge in [-0.2, -0.15) is 5.10 Å². The number of rotatable bonds is 5. The number of hydrogen-bond acceptors (Lipinski definition) is 5. The van der Waals surface area contributed by atoms with Gasteiger partial charge in [0.2, 0.25) is 5.91 Å². The van der Waals surface area contributed by atoms with Gasteiger partial charge < -0.3 is 14.6 Å². The average molecular weight is 453 g/mol. The van der Waals surface area contributed by atoms with Crippen molar-refractivity contribution in [2.75, 3.05) is 0 Å². The highest BCUT2D eigenvalue weighted by Crippen LogP contribution is 2.32. The number of hydrogen-bond donors (Lipinski definition) is 1. The van der Waals surface area contributed by atoms with E-state index in [1.54, 1.807) is 39.3 Å². The molecule has 1 N–H and O–H groups in total. The molecule has 0 saturated heterocycles. The molecule has 0 bridgehead atoms. The van der Waals surface area contributed by atoms with E-state index < -0.39 is 5.54 Å². The number of fused-ring (bicyclic) bond motifs is 1. The summed E-state index contributed by atoms with van der Waals surface area (Å²) in [6.45, 7) is 2.56. The molecular weight excluding hydrogens is 424 g/mol. The maximum atomic E-state index is 13.7. The monoisotopic (exact) mass is 452 g/mol. The molecular formula is C24H28N4O3S. The first-order chi connectivity index (χ1) is 15.5. The van der Waals surface area contributed by atoms with Crippen LogP contribution in [-0.4, -0.2) is 38.1 Å². The molecule has 32 heavy (non-hydrogen) atoms. The van der Waals surface area contributed by atoms with E-state index >= 15 is 0 Å². The van der Waals surface area contributed by atoms with Crippen LogP contribution in [0.4, 0.5) is 0 Å². The van der Waals surface area contributed by atoms with Crippen molar-refractivity contribution in [2.24, 2.45) is 0 Å².